The summed E-state index contributed by atoms with van der Waals surface area (Å²) in [5, 5.41) is 6.91. The van der Waals surface area contributed by atoms with E-state index >= 15 is 0 Å². The standard InChI is InChI=1S/C59H41N3O/c1-58(2)48-24-14-11-21-43(48)52-49(58)33-46(51-44-22-12-15-25-50(44)63-54(51)52)57-61-55(60-56(62-57)42-20-9-8-18-37(42)34-16-6-5-7-17-34)36-27-26-35-28-29-40-38(45(35)32-36)30-31-41-39-19-10-13-23-47(39)59(3,4)53(40)41/h5-33H,1-4H3. The summed E-state index contributed by atoms with van der Waals surface area (Å²) in [5.41, 5.74) is 16.5. The van der Waals surface area contributed by atoms with Gasteiger partial charge >= 0.3 is 0 Å². The van der Waals surface area contributed by atoms with Crippen LogP contribution in [0.3, 0.4) is 0 Å². The highest BCUT2D eigenvalue weighted by Gasteiger charge is 2.40. The Morgan fingerprint density at radius 3 is 1.81 bits per heavy atom. The molecule has 0 aliphatic heterocycles. The number of hydrogen-bond donors (Lipinski definition) is 0. The molecule has 0 fully saturated rings. The molecule has 298 valence electrons. The SMILES string of the molecule is CC1(C)c2ccccc2-c2c1cc(-c1nc(-c3ccc4ccc5c6c(ccc5c4c3)-c3ccccc3C6(C)C)nc(-c3ccccc3-c3ccccc3)n1)c1c2oc2ccccc21. The van der Waals surface area contributed by atoms with Crippen LogP contribution in [0.25, 0.3) is 111 Å². The largest absolute Gasteiger partial charge is 0.455 e. The van der Waals surface area contributed by atoms with Crippen LogP contribution in [-0.4, -0.2) is 15.0 Å². The summed E-state index contributed by atoms with van der Waals surface area (Å²) >= 11 is 0. The zero-order valence-electron chi connectivity index (χ0n) is 35.5. The highest BCUT2D eigenvalue weighted by atomic mass is 16.3. The van der Waals surface area contributed by atoms with Crippen LogP contribution in [0.2, 0.25) is 0 Å². The van der Waals surface area contributed by atoms with Crippen LogP contribution in [0.15, 0.2) is 180 Å². The van der Waals surface area contributed by atoms with Crippen molar-refractivity contribution in [3.63, 3.8) is 0 Å². The monoisotopic (exact) mass is 807 g/mol. The van der Waals surface area contributed by atoms with E-state index in [1.165, 1.54) is 60.5 Å². The molecule has 2 aromatic heterocycles. The topological polar surface area (TPSA) is 51.8 Å². The minimum Gasteiger partial charge on any atom is -0.455 e. The molecule has 0 atom stereocenters. The molecule has 0 bridgehead atoms. The molecule has 0 saturated heterocycles. The van der Waals surface area contributed by atoms with E-state index in [9.17, 15) is 0 Å². The van der Waals surface area contributed by atoms with Crippen molar-refractivity contribution in [1.82, 2.24) is 15.0 Å². The molecule has 0 unspecified atom stereocenters. The first-order valence-corrected chi connectivity index (χ1v) is 21.9. The van der Waals surface area contributed by atoms with E-state index in [0.717, 1.165) is 55.3 Å². The maximum Gasteiger partial charge on any atom is 0.164 e. The summed E-state index contributed by atoms with van der Waals surface area (Å²) in [4.78, 5) is 16.4. The summed E-state index contributed by atoms with van der Waals surface area (Å²) in [6.07, 6.45) is 0. The van der Waals surface area contributed by atoms with Crippen molar-refractivity contribution in [3.05, 3.63) is 198 Å². The molecule has 2 heterocycles. The number of nitrogens with zero attached hydrogens (tertiary/aromatic N) is 3. The number of rotatable bonds is 4. The van der Waals surface area contributed by atoms with Gasteiger partial charge in [-0.05, 0) is 89.8 Å². The molecule has 0 spiro atoms. The molecular formula is C59H41N3O. The zero-order valence-corrected chi connectivity index (χ0v) is 35.5. The molecule has 11 aromatic rings. The van der Waals surface area contributed by atoms with Crippen molar-refractivity contribution in [1.29, 1.82) is 0 Å². The Balaban J connectivity index is 1.09. The fraction of sp³-hybridized carbons (Fsp3) is 0.102. The van der Waals surface area contributed by atoms with Crippen LogP contribution in [0.5, 0.6) is 0 Å². The average Bonchev–Trinajstić information content (AvgIpc) is 3.91. The highest BCUT2D eigenvalue weighted by molar-refractivity contribution is 6.18. The third-order valence-electron chi connectivity index (χ3n) is 14.1. The fourth-order valence-corrected chi connectivity index (χ4v) is 11.1. The van der Waals surface area contributed by atoms with Crippen molar-refractivity contribution in [2.24, 2.45) is 0 Å². The molecule has 2 aliphatic rings. The van der Waals surface area contributed by atoms with Crippen molar-refractivity contribution in [2.45, 2.75) is 38.5 Å². The van der Waals surface area contributed by atoms with Crippen LogP contribution in [-0.2, 0) is 10.8 Å². The van der Waals surface area contributed by atoms with E-state index < -0.39 is 0 Å². The van der Waals surface area contributed by atoms with Gasteiger partial charge in [0, 0.05) is 43.9 Å². The molecule has 9 aromatic carbocycles. The minimum absolute atomic E-state index is 0.130. The Hall–Kier alpha value is -7.69. The van der Waals surface area contributed by atoms with Crippen LogP contribution in [0.1, 0.15) is 49.9 Å². The van der Waals surface area contributed by atoms with Gasteiger partial charge in [-0.15, -0.1) is 0 Å². The first-order chi connectivity index (χ1) is 30.8. The number of para-hydroxylation sites is 1. The highest BCUT2D eigenvalue weighted by Crippen LogP contribution is 2.55. The van der Waals surface area contributed by atoms with Crippen molar-refractivity contribution < 1.29 is 4.42 Å². The number of hydrogen-bond acceptors (Lipinski definition) is 4. The van der Waals surface area contributed by atoms with Crippen LogP contribution in [0.4, 0.5) is 0 Å². The molecule has 4 heteroatoms. The summed E-state index contributed by atoms with van der Waals surface area (Å²) < 4.78 is 6.90. The van der Waals surface area contributed by atoms with Gasteiger partial charge < -0.3 is 4.42 Å². The minimum atomic E-state index is -0.276. The summed E-state index contributed by atoms with van der Waals surface area (Å²) in [6, 6.07) is 63.1. The van der Waals surface area contributed by atoms with E-state index in [1.807, 2.05) is 6.07 Å². The average molecular weight is 808 g/mol. The smallest absolute Gasteiger partial charge is 0.164 e. The summed E-state index contributed by atoms with van der Waals surface area (Å²) in [6.45, 7) is 9.34. The molecule has 0 amide bonds. The van der Waals surface area contributed by atoms with Crippen LogP contribution < -0.4 is 0 Å². The predicted octanol–water partition coefficient (Wildman–Crippen LogP) is 15.4. The van der Waals surface area contributed by atoms with Gasteiger partial charge in [-0.2, -0.15) is 0 Å². The molecular weight excluding hydrogens is 767 g/mol. The molecule has 0 radical (unpaired) electrons. The molecule has 13 rings (SSSR count). The Morgan fingerprint density at radius 2 is 1.00 bits per heavy atom. The summed E-state index contributed by atoms with van der Waals surface area (Å²) in [7, 11) is 0. The Morgan fingerprint density at radius 1 is 0.381 bits per heavy atom. The van der Waals surface area contributed by atoms with Gasteiger partial charge in [0.2, 0.25) is 0 Å². The predicted molar refractivity (Wildman–Crippen MR) is 259 cm³/mol. The number of furan rings is 1. The van der Waals surface area contributed by atoms with Gasteiger partial charge in [0.05, 0.1) is 0 Å². The normalized spacial score (nSPS) is 14.3. The fourth-order valence-electron chi connectivity index (χ4n) is 11.1. The lowest BCUT2D eigenvalue weighted by molar-refractivity contribution is 0.653. The van der Waals surface area contributed by atoms with E-state index in [0.29, 0.717) is 17.5 Å². The lowest BCUT2D eigenvalue weighted by Crippen LogP contribution is -2.15. The number of fused-ring (bicyclic) bond motifs is 14. The van der Waals surface area contributed by atoms with Gasteiger partial charge in [-0.1, -0.05) is 185 Å². The van der Waals surface area contributed by atoms with E-state index in [-0.39, 0.29) is 10.8 Å². The lowest BCUT2D eigenvalue weighted by atomic mass is 9.80. The Bertz CT molecular complexity index is 3740. The van der Waals surface area contributed by atoms with Crippen molar-refractivity contribution >= 4 is 43.5 Å². The zero-order chi connectivity index (χ0) is 42.2. The van der Waals surface area contributed by atoms with Crippen molar-refractivity contribution in [2.75, 3.05) is 0 Å². The van der Waals surface area contributed by atoms with Crippen LogP contribution >= 0.6 is 0 Å². The number of benzene rings is 9. The van der Waals surface area contributed by atoms with Gasteiger partial charge in [-0.3, -0.25) is 0 Å². The number of aromatic nitrogens is 3. The molecule has 4 nitrogen and oxygen atoms in total. The second kappa shape index (κ2) is 12.9. The molecule has 0 N–H and O–H groups in total. The lowest BCUT2D eigenvalue weighted by Gasteiger charge is -2.23. The summed E-state index contributed by atoms with van der Waals surface area (Å²) in [5.74, 6) is 1.85. The van der Waals surface area contributed by atoms with Gasteiger partial charge in [0.15, 0.2) is 17.5 Å². The van der Waals surface area contributed by atoms with Gasteiger partial charge in [0.1, 0.15) is 11.2 Å². The second-order valence-corrected chi connectivity index (χ2v) is 18.3. The van der Waals surface area contributed by atoms with E-state index in [2.05, 4.69) is 198 Å². The maximum absolute atomic E-state index is 6.90. The third-order valence-corrected chi connectivity index (χ3v) is 14.1. The van der Waals surface area contributed by atoms with E-state index in [1.54, 1.807) is 0 Å². The van der Waals surface area contributed by atoms with Crippen molar-refractivity contribution in [3.8, 4) is 67.5 Å². The second-order valence-electron chi connectivity index (χ2n) is 18.3. The van der Waals surface area contributed by atoms with Gasteiger partial charge in [-0.25, -0.2) is 15.0 Å². The first kappa shape index (κ1) is 36.0. The van der Waals surface area contributed by atoms with Gasteiger partial charge in [0.25, 0.3) is 0 Å². The van der Waals surface area contributed by atoms with Crippen LogP contribution in [0, 0.1) is 0 Å². The molecule has 63 heavy (non-hydrogen) atoms. The molecule has 2 aliphatic carbocycles. The third kappa shape index (κ3) is 5.06. The Kier molecular flexibility index (Phi) is 7.38. The quantitative estimate of drug-likeness (QED) is 0.166. The first-order valence-electron chi connectivity index (χ1n) is 21.9. The van der Waals surface area contributed by atoms with E-state index in [4.69, 9.17) is 19.4 Å². The Labute approximate surface area is 365 Å². The molecule has 0 saturated carbocycles. The maximum atomic E-state index is 6.90.